The Labute approximate surface area is 335 Å². The number of nitrogens with one attached hydrogen (secondary N) is 1. The van der Waals surface area contributed by atoms with E-state index >= 15 is 8.78 Å². The minimum atomic E-state index is -0.711. The van der Waals surface area contributed by atoms with Crippen molar-refractivity contribution >= 4 is 62.4 Å². The summed E-state index contributed by atoms with van der Waals surface area (Å²) in [5.74, 6) is 2.81. The number of hydrogen-bond acceptors (Lipinski definition) is 8. The van der Waals surface area contributed by atoms with Gasteiger partial charge in [-0.25, -0.2) is 23.2 Å². The molecule has 13 heteroatoms. The van der Waals surface area contributed by atoms with Gasteiger partial charge in [0, 0.05) is 53.0 Å². The van der Waals surface area contributed by atoms with Crippen LogP contribution in [0.3, 0.4) is 0 Å². The SMILES string of the molecule is C/C(=C\c1cccc(C(C)(CCSCCSCCO)c2nc(-c3cc(Oc4c(F)cc5[nH]ccc5c4Br)ccc3F)n(C)n2)c1)C(=O)OCc1ccccc1. The molecule has 0 saturated heterocycles. The van der Waals surface area contributed by atoms with Crippen molar-refractivity contribution in [2.75, 3.05) is 29.6 Å². The molecule has 0 radical (unpaired) electrons. The highest BCUT2D eigenvalue weighted by Gasteiger charge is 2.34. The molecule has 1 unspecified atom stereocenters. The number of fused-ring (bicyclic) bond motifs is 1. The van der Waals surface area contributed by atoms with E-state index in [0.717, 1.165) is 39.3 Å². The van der Waals surface area contributed by atoms with Crippen LogP contribution >= 0.6 is 39.5 Å². The molecule has 4 aromatic carbocycles. The Bertz CT molecular complexity index is 2300. The number of esters is 1. The Hall–Kier alpha value is -4.43. The number of aromatic nitrogens is 4. The molecule has 0 aliphatic carbocycles. The van der Waals surface area contributed by atoms with Gasteiger partial charge in [0.25, 0.3) is 0 Å². The molecule has 8 nitrogen and oxygen atoms in total. The molecule has 0 amide bonds. The average molecular weight is 848 g/mol. The maximum atomic E-state index is 15.6. The second kappa shape index (κ2) is 18.5. The number of aryl methyl sites for hydroxylation is 1. The lowest BCUT2D eigenvalue weighted by Gasteiger charge is -2.27. The number of aromatic amines is 1. The minimum absolute atomic E-state index is 0.0169. The first kappa shape index (κ1) is 40.2. The van der Waals surface area contributed by atoms with E-state index in [4.69, 9.17) is 24.7 Å². The van der Waals surface area contributed by atoms with Crippen molar-refractivity contribution in [2.45, 2.75) is 32.3 Å². The zero-order valence-corrected chi connectivity index (χ0v) is 33.9. The van der Waals surface area contributed by atoms with Crippen LogP contribution in [0.4, 0.5) is 8.78 Å². The second-order valence-corrected chi connectivity index (χ2v) is 16.4. The van der Waals surface area contributed by atoms with E-state index in [1.807, 2.05) is 72.4 Å². The maximum Gasteiger partial charge on any atom is 0.334 e. The second-order valence-electron chi connectivity index (χ2n) is 13.1. The fourth-order valence-electron chi connectivity index (χ4n) is 6.08. The van der Waals surface area contributed by atoms with E-state index in [0.29, 0.717) is 33.6 Å². The van der Waals surface area contributed by atoms with Gasteiger partial charge in [0.1, 0.15) is 18.2 Å². The van der Waals surface area contributed by atoms with Crippen LogP contribution in [0.5, 0.6) is 11.5 Å². The van der Waals surface area contributed by atoms with Crippen molar-refractivity contribution < 1.29 is 28.2 Å². The molecule has 6 rings (SSSR count). The number of halogens is 3. The van der Waals surface area contributed by atoms with E-state index in [9.17, 15) is 4.79 Å². The predicted octanol–water partition coefficient (Wildman–Crippen LogP) is 10.1. The van der Waals surface area contributed by atoms with E-state index in [1.165, 1.54) is 24.3 Å². The Morgan fingerprint density at radius 3 is 2.55 bits per heavy atom. The van der Waals surface area contributed by atoms with Crippen LogP contribution < -0.4 is 4.74 Å². The third kappa shape index (κ3) is 9.69. The number of carbonyl (C=O) groups is 1. The number of ether oxygens (including phenoxy) is 2. The molecule has 2 heterocycles. The molecule has 1 atom stereocenters. The first-order chi connectivity index (χ1) is 26.6. The summed E-state index contributed by atoms with van der Waals surface area (Å²) in [4.78, 5) is 20.8. The largest absolute Gasteiger partial charge is 0.457 e. The van der Waals surface area contributed by atoms with Gasteiger partial charge in [-0.3, -0.25) is 0 Å². The van der Waals surface area contributed by atoms with Gasteiger partial charge in [0.2, 0.25) is 0 Å². The summed E-state index contributed by atoms with van der Waals surface area (Å²) < 4.78 is 44.3. The van der Waals surface area contributed by atoms with E-state index in [1.54, 1.807) is 42.7 Å². The van der Waals surface area contributed by atoms with Crippen LogP contribution in [0.15, 0.2) is 101 Å². The van der Waals surface area contributed by atoms with E-state index in [-0.39, 0.29) is 36.1 Å². The monoisotopic (exact) mass is 846 g/mol. The molecule has 0 bridgehead atoms. The van der Waals surface area contributed by atoms with E-state index < -0.39 is 23.0 Å². The lowest BCUT2D eigenvalue weighted by atomic mass is 9.78. The third-order valence-corrected chi connectivity index (χ3v) is 12.1. The summed E-state index contributed by atoms with van der Waals surface area (Å²) in [5.41, 5.74) is 3.16. The molecule has 2 N–H and O–H groups in total. The normalized spacial score (nSPS) is 12.9. The van der Waals surface area contributed by atoms with Gasteiger partial charge in [-0.1, -0.05) is 54.6 Å². The summed E-state index contributed by atoms with van der Waals surface area (Å²) in [6.07, 6.45) is 4.18. The molecule has 0 aliphatic heterocycles. The number of carbonyl (C=O) groups excluding carboxylic acids is 1. The van der Waals surface area contributed by atoms with Crippen molar-refractivity contribution in [1.29, 1.82) is 0 Å². The minimum Gasteiger partial charge on any atom is -0.457 e. The lowest BCUT2D eigenvalue weighted by molar-refractivity contribution is -0.140. The fraction of sp³-hybridized carbons (Fsp3) is 0.262. The molecule has 2 aromatic heterocycles. The number of nitrogens with zero attached hydrogens (tertiary/aromatic N) is 3. The Kier molecular flexibility index (Phi) is 13.5. The summed E-state index contributed by atoms with van der Waals surface area (Å²) in [6.45, 7) is 4.14. The Balaban J connectivity index is 1.29. The van der Waals surface area contributed by atoms with E-state index in [2.05, 4.69) is 27.8 Å². The number of hydrogen-bond donors (Lipinski definition) is 2. The van der Waals surface area contributed by atoms with Crippen LogP contribution in [-0.4, -0.2) is 60.4 Å². The molecular weight excluding hydrogens is 807 g/mol. The molecule has 0 spiro atoms. The number of thioether (sulfide) groups is 2. The van der Waals surface area contributed by atoms with Crippen LogP contribution in [0.1, 0.15) is 42.8 Å². The zero-order valence-electron chi connectivity index (χ0n) is 30.7. The fourth-order valence-corrected chi connectivity index (χ4v) is 8.73. The lowest BCUT2D eigenvalue weighted by Crippen LogP contribution is -2.27. The summed E-state index contributed by atoms with van der Waals surface area (Å²) in [7, 11) is 1.71. The summed E-state index contributed by atoms with van der Waals surface area (Å²) in [5, 5.41) is 14.7. The van der Waals surface area contributed by atoms with Crippen molar-refractivity contribution in [2.24, 2.45) is 7.05 Å². The average Bonchev–Trinajstić information content (AvgIpc) is 3.83. The zero-order chi connectivity index (χ0) is 39.0. The summed E-state index contributed by atoms with van der Waals surface area (Å²) in [6, 6.07) is 24.8. The molecular formula is C42H41BrF2N4O4S2. The van der Waals surface area contributed by atoms with Gasteiger partial charge >= 0.3 is 5.97 Å². The van der Waals surface area contributed by atoms with Crippen LogP contribution in [-0.2, 0) is 28.6 Å². The number of aliphatic hydroxyl groups is 1. The maximum absolute atomic E-state index is 15.6. The number of aliphatic hydroxyl groups excluding tert-OH is 1. The highest BCUT2D eigenvalue weighted by molar-refractivity contribution is 9.10. The third-order valence-electron chi connectivity index (χ3n) is 9.15. The molecule has 6 aromatic rings. The van der Waals surface area contributed by atoms with Crippen LogP contribution in [0.2, 0.25) is 0 Å². The Morgan fingerprint density at radius 2 is 1.76 bits per heavy atom. The molecule has 0 aliphatic rings. The number of H-pyrrole nitrogens is 1. The van der Waals surface area contributed by atoms with Gasteiger partial charge in [-0.05, 0) is 89.0 Å². The predicted molar refractivity (Wildman–Crippen MR) is 222 cm³/mol. The smallest absolute Gasteiger partial charge is 0.334 e. The molecule has 0 saturated carbocycles. The molecule has 55 heavy (non-hydrogen) atoms. The van der Waals surface area contributed by atoms with Crippen molar-refractivity contribution in [1.82, 2.24) is 19.7 Å². The molecule has 286 valence electrons. The van der Waals surface area contributed by atoms with Gasteiger partial charge in [-0.2, -0.15) is 28.6 Å². The van der Waals surface area contributed by atoms with Gasteiger partial charge < -0.3 is 19.6 Å². The highest BCUT2D eigenvalue weighted by atomic mass is 79.9. The van der Waals surface area contributed by atoms with Crippen molar-refractivity contribution in [3.8, 4) is 22.9 Å². The number of rotatable bonds is 17. The highest BCUT2D eigenvalue weighted by Crippen LogP contribution is 2.40. The first-order valence-electron chi connectivity index (χ1n) is 17.7. The van der Waals surface area contributed by atoms with Crippen molar-refractivity contribution in [3.63, 3.8) is 0 Å². The van der Waals surface area contributed by atoms with Gasteiger partial charge in [-0.15, -0.1) is 0 Å². The first-order valence-corrected chi connectivity index (χ1v) is 20.8. The molecule has 0 fully saturated rings. The number of benzene rings is 4. The quantitative estimate of drug-likeness (QED) is 0.0532. The van der Waals surface area contributed by atoms with Gasteiger partial charge in [0.05, 0.1) is 22.1 Å². The Morgan fingerprint density at radius 1 is 0.982 bits per heavy atom. The topological polar surface area (TPSA) is 102 Å². The van der Waals surface area contributed by atoms with Gasteiger partial charge in [0.15, 0.2) is 23.2 Å². The standard InChI is InChI=1S/C42H41BrF2N4O4S2/c1-27(40(51)52-26-28-8-5-4-6-9-28)22-29-10-7-11-30(23-29)42(2,15-18-54-20-21-55-19-17-50)41-47-39(49(3)48-41)33-24-31(12-13-34(33)44)53-38-35(45)25-36-32(37(38)43)14-16-46-36/h4-14,16,22-25,46,50H,15,17-21,26H2,1-3H3/b27-22+. The van der Waals surface area contributed by atoms with Crippen molar-refractivity contribution in [3.05, 3.63) is 135 Å². The van der Waals surface area contributed by atoms with Crippen LogP contribution in [0.25, 0.3) is 28.4 Å². The van der Waals surface area contributed by atoms with Crippen LogP contribution in [0, 0.1) is 11.6 Å². The summed E-state index contributed by atoms with van der Waals surface area (Å²) >= 11 is 6.98.